The van der Waals surface area contributed by atoms with Gasteiger partial charge < -0.3 is 15.5 Å². The molecule has 0 aliphatic carbocycles. The van der Waals surface area contributed by atoms with Crippen LogP contribution in [-0.4, -0.2) is 43.6 Å². The van der Waals surface area contributed by atoms with Crippen LogP contribution in [0.4, 0.5) is 10.2 Å². The Morgan fingerprint density at radius 3 is 3.00 bits per heavy atom. The highest BCUT2D eigenvalue weighted by Gasteiger charge is 2.22. The maximum Gasteiger partial charge on any atom is 0.170 e. The van der Waals surface area contributed by atoms with Gasteiger partial charge in [0.25, 0.3) is 0 Å². The molecule has 1 fully saturated rings. The molecule has 1 aliphatic heterocycles. The summed E-state index contributed by atoms with van der Waals surface area (Å²) >= 11 is 0. The standard InChI is InChI=1S/C13H21FN4/c1-17-6-4-10(8-17)9-18(2)13-12(14)11(7-15)3-5-16-13/h3,5,10H,4,6-9,15H2,1-2H3. The highest BCUT2D eigenvalue weighted by molar-refractivity contribution is 5.42. The molecule has 1 saturated heterocycles. The van der Waals surface area contributed by atoms with Crippen LogP contribution in [-0.2, 0) is 6.54 Å². The Balaban J connectivity index is 2.06. The first-order valence-corrected chi connectivity index (χ1v) is 6.35. The number of rotatable bonds is 4. The molecule has 18 heavy (non-hydrogen) atoms. The van der Waals surface area contributed by atoms with Gasteiger partial charge in [-0.15, -0.1) is 0 Å². The van der Waals surface area contributed by atoms with Crippen LogP contribution in [0.15, 0.2) is 12.3 Å². The Kier molecular flexibility index (Phi) is 4.14. The van der Waals surface area contributed by atoms with Gasteiger partial charge in [-0.05, 0) is 32.0 Å². The molecular weight excluding hydrogens is 231 g/mol. The van der Waals surface area contributed by atoms with Crippen molar-refractivity contribution in [2.75, 3.05) is 38.6 Å². The summed E-state index contributed by atoms with van der Waals surface area (Å²) in [4.78, 5) is 8.33. The Morgan fingerprint density at radius 1 is 1.61 bits per heavy atom. The van der Waals surface area contributed by atoms with Gasteiger partial charge in [-0.25, -0.2) is 9.37 Å². The summed E-state index contributed by atoms with van der Waals surface area (Å²) in [6.45, 7) is 3.24. The van der Waals surface area contributed by atoms with Crippen LogP contribution < -0.4 is 10.6 Å². The fraction of sp³-hybridized carbons (Fsp3) is 0.615. The summed E-state index contributed by atoms with van der Waals surface area (Å²) in [7, 11) is 4.01. The first-order chi connectivity index (χ1) is 8.61. The van der Waals surface area contributed by atoms with Crippen molar-refractivity contribution in [3.05, 3.63) is 23.6 Å². The van der Waals surface area contributed by atoms with E-state index in [1.807, 2.05) is 11.9 Å². The van der Waals surface area contributed by atoms with Crippen LogP contribution in [0.3, 0.4) is 0 Å². The lowest BCUT2D eigenvalue weighted by atomic mass is 10.1. The van der Waals surface area contributed by atoms with Crippen molar-refractivity contribution in [2.24, 2.45) is 11.7 Å². The highest BCUT2D eigenvalue weighted by atomic mass is 19.1. The Hall–Kier alpha value is -1.20. The van der Waals surface area contributed by atoms with Crippen molar-refractivity contribution in [2.45, 2.75) is 13.0 Å². The number of aromatic nitrogens is 1. The second-order valence-corrected chi connectivity index (χ2v) is 5.11. The quantitative estimate of drug-likeness (QED) is 0.870. The smallest absolute Gasteiger partial charge is 0.170 e. The minimum atomic E-state index is -0.283. The molecule has 1 aromatic rings. The summed E-state index contributed by atoms with van der Waals surface area (Å²) in [5, 5.41) is 0. The van der Waals surface area contributed by atoms with Crippen LogP contribution >= 0.6 is 0 Å². The van der Waals surface area contributed by atoms with Gasteiger partial charge in [0.2, 0.25) is 0 Å². The molecule has 100 valence electrons. The van der Waals surface area contributed by atoms with E-state index in [2.05, 4.69) is 16.9 Å². The summed E-state index contributed by atoms with van der Waals surface area (Å²) < 4.78 is 14.1. The highest BCUT2D eigenvalue weighted by Crippen LogP contribution is 2.21. The van der Waals surface area contributed by atoms with Crippen LogP contribution in [0.25, 0.3) is 0 Å². The van der Waals surface area contributed by atoms with E-state index in [9.17, 15) is 4.39 Å². The maximum atomic E-state index is 14.1. The fourth-order valence-corrected chi connectivity index (χ4v) is 2.54. The van der Waals surface area contributed by atoms with Crippen LogP contribution in [0.2, 0.25) is 0 Å². The molecule has 2 heterocycles. The second kappa shape index (κ2) is 5.63. The van der Waals surface area contributed by atoms with Crippen molar-refractivity contribution < 1.29 is 4.39 Å². The zero-order valence-corrected chi connectivity index (χ0v) is 11.1. The van der Waals surface area contributed by atoms with Gasteiger partial charge in [0.15, 0.2) is 11.6 Å². The minimum absolute atomic E-state index is 0.210. The molecule has 2 N–H and O–H groups in total. The lowest BCUT2D eigenvalue weighted by Crippen LogP contribution is -2.28. The third kappa shape index (κ3) is 2.79. The van der Waals surface area contributed by atoms with E-state index in [-0.39, 0.29) is 12.4 Å². The van der Waals surface area contributed by atoms with Gasteiger partial charge in [0.05, 0.1) is 0 Å². The van der Waals surface area contributed by atoms with Crippen molar-refractivity contribution in [3.63, 3.8) is 0 Å². The molecule has 0 bridgehead atoms. The van der Waals surface area contributed by atoms with E-state index in [1.165, 1.54) is 6.42 Å². The number of nitrogens with zero attached hydrogens (tertiary/aromatic N) is 3. The molecule has 1 aliphatic rings. The molecule has 2 rings (SSSR count). The number of hydrogen-bond donors (Lipinski definition) is 1. The largest absolute Gasteiger partial charge is 0.357 e. The predicted molar refractivity (Wildman–Crippen MR) is 71.0 cm³/mol. The van der Waals surface area contributed by atoms with Crippen LogP contribution in [0, 0.1) is 11.7 Å². The summed E-state index contributed by atoms with van der Waals surface area (Å²) in [5.41, 5.74) is 6.03. The summed E-state index contributed by atoms with van der Waals surface area (Å²) in [6.07, 6.45) is 2.79. The number of nitrogens with two attached hydrogens (primary N) is 1. The average Bonchev–Trinajstić information content (AvgIpc) is 2.75. The van der Waals surface area contributed by atoms with E-state index in [0.29, 0.717) is 17.3 Å². The lowest BCUT2D eigenvalue weighted by molar-refractivity contribution is 0.395. The molecule has 0 saturated carbocycles. The Labute approximate surface area is 108 Å². The zero-order chi connectivity index (χ0) is 13.1. The van der Waals surface area contributed by atoms with Crippen molar-refractivity contribution in [1.82, 2.24) is 9.88 Å². The molecule has 0 spiro atoms. The van der Waals surface area contributed by atoms with Crippen molar-refractivity contribution in [3.8, 4) is 0 Å². The van der Waals surface area contributed by atoms with Gasteiger partial charge in [0, 0.05) is 38.4 Å². The van der Waals surface area contributed by atoms with Gasteiger partial charge in [0.1, 0.15) is 0 Å². The van der Waals surface area contributed by atoms with E-state index >= 15 is 0 Å². The minimum Gasteiger partial charge on any atom is -0.357 e. The molecule has 0 amide bonds. The van der Waals surface area contributed by atoms with Gasteiger partial charge in [-0.2, -0.15) is 0 Å². The van der Waals surface area contributed by atoms with Gasteiger partial charge in [-0.1, -0.05) is 0 Å². The zero-order valence-electron chi connectivity index (χ0n) is 11.1. The number of pyridine rings is 1. The van der Waals surface area contributed by atoms with Gasteiger partial charge >= 0.3 is 0 Å². The van der Waals surface area contributed by atoms with E-state index in [1.54, 1.807) is 12.3 Å². The number of anilines is 1. The fourth-order valence-electron chi connectivity index (χ4n) is 2.54. The normalized spacial score (nSPS) is 20.3. The number of halogens is 1. The molecule has 1 atom stereocenters. The van der Waals surface area contributed by atoms with Crippen molar-refractivity contribution >= 4 is 5.82 Å². The van der Waals surface area contributed by atoms with Crippen molar-refractivity contribution in [1.29, 1.82) is 0 Å². The number of hydrogen-bond acceptors (Lipinski definition) is 4. The summed E-state index contributed by atoms with van der Waals surface area (Å²) in [5.74, 6) is 0.712. The molecular formula is C13H21FN4. The maximum absolute atomic E-state index is 14.1. The second-order valence-electron chi connectivity index (χ2n) is 5.11. The third-order valence-electron chi connectivity index (χ3n) is 3.55. The summed E-state index contributed by atoms with van der Waals surface area (Å²) in [6, 6.07) is 1.63. The van der Waals surface area contributed by atoms with E-state index < -0.39 is 0 Å². The SMILES string of the molecule is CN1CCC(CN(C)c2nccc(CN)c2F)C1. The lowest BCUT2D eigenvalue weighted by Gasteiger charge is -2.23. The Morgan fingerprint density at radius 2 is 2.39 bits per heavy atom. The van der Waals surface area contributed by atoms with E-state index in [0.717, 1.165) is 19.6 Å². The van der Waals surface area contributed by atoms with E-state index in [4.69, 9.17) is 5.73 Å². The van der Waals surface area contributed by atoms with Gasteiger partial charge in [-0.3, -0.25) is 0 Å². The molecule has 0 radical (unpaired) electrons. The molecule has 5 heteroatoms. The first kappa shape index (κ1) is 13.2. The first-order valence-electron chi connectivity index (χ1n) is 6.35. The monoisotopic (exact) mass is 252 g/mol. The third-order valence-corrected chi connectivity index (χ3v) is 3.55. The molecule has 1 aromatic heterocycles. The topological polar surface area (TPSA) is 45.4 Å². The molecule has 0 aromatic carbocycles. The molecule has 1 unspecified atom stereocenters. The number of likely N-dealkylation sites (tertiary alicyclic amines) is 1. The Bertz CT molecular complexity index is 410. The van der Waals surface area contributed by atoms with Crippen LogP contribution in [0.1, 0.15) is 12.0 Å². The van der Waals surface area contributed by atoms with Crippen LogP contribution in [0.5, 0.6) is 0 Å². The molecule has 4 nitrogen and oxygen atoms in total. The predicted octanol–water partition coefficient (Wildman–Crippen LogP) is 1.07. The average molecular weight is 252 g/mol.